The van der Waals surface area contributed by atoms with Crippen LogP contribution in [0.1, 0.15) is 31.2 Å². The molecule has 1 spiro atoms. The molecule has 0 aromatic heterocycles. The molecule has 3 nitrogen and oxygen atoms in total. The van der Waals surface area contributed by atoms with Crippen LogP contribution in [-0.4, -0.2) is 12.5 Å². The van der Waals surface area contributed by atoms with Crippen molar-refractivity contribution in [2.75, 3.05) is 11.4 Å². The first-order chi connectivity index (χ1) is 8.29. The fourth-order valence-electron chi connectivity index (χ4n) is 3.29. The summed E-state index contributed by atoms with van der Waals surface area (Å²) in [6.45, 7) is 0.164. The molecule has 17 heavy (non-hydrogen) atoms. The number of carbonyl (C=O) groups is 1. The van der Waals surface area contributed by atoms with Crippen molar-refractivity contribution in [3.63, 3.8) is 0 Å². The van der Waals surface area contributed by atoms with Crippen molar-refractivity contribution in [2.45, 2.75) is 31.1 Å². The van der Waals surface area contributed by atoms with Crippen molar-refractivity contribution in [2.24, 2.45) is 0 Å². The van der Waals surface area contributed by atoms with Crippen LogP contribution in [0.5, 0.6) is 0 Å². The molecule has 1 amide bonds. The minimum atomic E-state index is -0.312. The Morgan fingerprint density at radius 3 is 2.71 bits per heavy atom. The van der Waals surface area contributed by atoms with Crippen LogP contribution in [0.2, 0.25) is 0 Å². The standard InChI is InChI=1S/C14H14N2O/c15-9-10-16-12-6-2-1-5-11(12)14(13(16)17)7-3-4-8-14/h1-2,5-6H,3-4,7-8,10H2. The van der Waals surface area contributed by atoms with E-state index in [-0.39, 0.29) is 17.9 Å². The molecule has 0 unspecified atom stereocenters. The summed E-state index contributed by atoms with van der Waals surface area (Å²) < 4.78 is 0. The van der Waals surface area contributed by atoms with Crippen LogP contribution in [0.15, 0.2) is 24.3 Å². The Labute approximate surface area is 101 Å². The first-order valence-electron chi connectivity index (χ1n) is 6.08. The smallest absolute Gasteiger partial charge is 0.238 e. The number of anilines is 1. The summed E-state index contributed by atoms with van der Waals surface area (Å²) in [6.07, 6.45) is 4.09. The molecule has 1 aliphatic carbocycles. The number of nitriles is 1. The van der Waals surface area contributed by atoms with Gasteiger partial charge in [0.15, 0.2) is 0 Å². The van der Waals surface area contributed by atoms with E-state index in [0.717, 1.165) is 36.9 Å². The summed E-state index contributed by atoms with van der Waals surface area (Å²) in [5.41, 5.74) is 1.77. The summed E-state index contributed by atoms with van der Waals surface area (Å²) in [6, 6.07) is 10.0. The third-order valence-electron chi connectivity index (χ3n) is 4.05. The molecule has 3 rings (SSSR count). The fourth-order valence-corrected chi connectivity index (χ4v) is 3.29. The van der Waals surface area contributed by atoms with E-state index >= 15 is 0 Å². The number of benzene rings is 1. The molecule has 0 radical (unpaired) electrons. The lowest BCUT2D eigenvalue weighted by Crippen LogP contribution is -2.38. The van der Waals surface area contributed by atoms with Gasteiger partial charge in [-0.15, -0.1) is 0 Å². The minimum Gasteiger partial charge on any atom is -0.298 e. The highest BCUT2D eigenvalue weighted by Crippen LogP contribution is 2.50. The molecule has 1 aliphatic heterocycles. The molecule has 0 saturated heterocycles. The monoisotopic (exact) mass is 226 g/mol. The van der Waals surface area contributed by atoms with Crippen molar-refractivity contribution < 1.29 is 4.79 Å². The Morgan fingerprint density at radius 1 is 1.29 bits per heavy atom. The topological polar surface area (TPSA) is 44.1 Å². The Balaban J connectivity index is 2.16. The number of rotatable bonds is 1. The van der Waals surface area contributed by atoms with Gasteiger partial charge in [0.05, 0.1) is 11.5 Å². The van der Waals surface area contributed by atoms with Gasteiger partial charge >= 0.3 is 0 Å². The Morgan fingerprint density at radius 2 is 2.00 bits per heavy atom. The second-order valence-corrected chi connectivity index (χ2v) is 4.86. The lowest BCUT2D eigenvalue weighted by molar-refractivity contribution is -0.122. The van der Waals surface area contributed by atoms with Gasteiger partial charge in [0.2, 0.25) is 5.91 Å². The third kappa shape index (κ3) is 1.24. The highest BCUT2D eigenvalue weighted by molar-refractivity contribution is 6.08. The zero-order valence-corrected chi connectivity index (χ0v) is 9.65. The minimum absolute atomic E-state index is 0.137. The largest absolute Gasteiger partial charge is 0.298 e. The molecule has 0 atom stereocenters. The average molecular weight is 226 g/mol. The van der Waals surface area contributed by atoms with Gasteiger partial charge in [-0.05, 0) is 24.5 Å². The maximum Gasteiger partial charge on any atom is 0.238 e. The zero-order chi connectivity index (χ0) is 11.9. The predicted octanol–water partition coefficient (Wildman–Crippen LogP) is 2.37. The predicted molar refractivity (Wildman–Crippen MR) is 64.6 cm³/mol. The molecular weight excluding hydrogens is 212 g/mol. The summed E-state index contributed by atoms with van der Waals surface area (Å²) >= 11 is 0. The number of fused-ring (bicyclic) bond motifs is 2. The van der Waals surface area contributed by atoms with E-state index in [4.69, 9.17) is 5.26 Å². The third-order valence-corrected chi connectivity index (χ3v) is 4.05. The van der Waals surface area contributed by atoms with Crippen LogP contribution in [0.25, 0.3) is 0 Å². The summed E-state index contributed by atoms with van der Waals surface area (Å²) in [7, 11) is 0. The van der Waals surface area contributed by atoms with Crippen LogP contribution in [0.4, 0.5) is 5.69 Å². The SMILES string of the molecule is N#CCN1C(=O)C2(CCCC2)c2ccccc21. The molecule has 1 fully saturated rings. The van der Waals surface area contributed by atoms with Gasteiger partial charge in [-0.1, -0.05) is 31.0 Å². The van der Waals surface area contributed by atoms with Gasteiger partial charge in [-0.25, -0.2) is 0 Å². The van der Waals surface area contributed by atoms with E-state index in [9.17, 15) is 4.79 Å². The first-order valence-corrected chi connectivity index (χ1v) is 6.08. The number of nitrogens with zero attached hydrogens (tertiary/aromatic N) is 2. The van der Waals surface area contributed by atoms with E-state index in [0.29, 0.717) is 0 Å². The van der Waals surface area contributed by atoms with Crippen molar-refractivity contribution in [3.8, 4) is 6.07 Å². The van der Waals surface area contributed by atoms with E-state index < -0.39 is 0 Å². The van der Waals surface area contributed by atoms with E-state index in [1.165, 1.54) is 0 Å². The van der Waals surface area contributed by atoms with Gasteiger partial charge in [0, 0.05) is 5.69 Å². The van der Waals surface area contributed by atoms with E-state index in [1.54, 1.807) is 4.90 Å². The average Bonchev–Trinajstić information content (AvgIpc) is 2.92. The highest BCUT2D eigenvalue weighted by atomic mass is 16.2. The second-order valence-electron chi connectivity index (χ2n) is 4.86. The second kappa shape index (κ2) is 3.59. The number of hydrogen-bond donors (Lipinski definition) is 0. The Kier molecular flexibility index (Phi) is 2.19. The van der Waals surface area contributed by atoms with E-state index in [2.05, 4.69) is 12.1 Å². The van der Waals surface area contributed by atoms with Gasteiger partial charge in [-0.2, -0.15) is 5.26 Å². The summed E-state index contributed by atoms with van der Waals surface area (Å²) in [4.78, 5) is 14.2. The molecule has 86 valence electrons. The van der Waals surface area contributed by atoms with Crippen LogP contribution < -0.4 is 4.90 Å². The van der Waals surface area contributed by atoms with Gasteiger partial charge < -0.3 is 0 Å². The lowest BCUT2D eigenvalue weighted by Gasteiger charge is -2.22. The normalized spacial score (nSPS) is 20.6. The van der Waals surface area contributed by atoms with Crippen LogP contribution in [-0.2, 0) is 10.2 Å². The van der Waals surface area contributed by atoms with Gasteiger partial charge in [0.25, 0.3) is 0 Å². The van der Waals surface area contributed by atoms with Gasteiger partial charge in [-0.3, -0.25) is 9.69 Å². The molecule has 0 N–H and O–H groups in total. The van der Waals surface area contributed by atoms with Gasteiger partial charge in [0.1, 0.15) is 6.54 Å². The first kappa shape index (κ1) is 10.3. The molecule has 0 bridgehead atoms. The number of amides is 1. The molecular formula is C14H14N2O. The number of para-hydroxylation sites is 1. The Bertz CT molecular complexity index is 509. The molecule has 1 saturated carbocycles. The number of hydrogen-bond acceptors (Lipinski definition) is 2. The quantitative estimate of drug-likeness (QED) is 0.690. The highest BCUT2D eigenvalue weighted by Gasteiger charge is 2.51. The number of carbonyl (C=O) groups excluding carboxylic acids is 1. The summed E-state index contributed by atoms with van der Waals surface area (Å²) in [5, 5.41) is 8.86. The van der Waals surface area contributed by atoms with Crippen LogP contribution in [0, 0.1) is 11.3 Å². The van der Waals surface area contributed by atoms with Crippen LogP contribution in [0.3, 0.4) is 0 Å². The lowest BCUT2D eigenvalue weighted by atomic mass is 9.80. The van der Waals surface area contributed by atoms with Crippen molar-refractivity contribution in [1.29, 1.82) is 5.26 Å². The van der Waals surface area contributed by atoms with Crippen LogP contribution >= 0.6 is 0 Å². The summed E-state index contributed by atoms with van der Waals surface area (Å²) in [5.74, 6) is 0.137. The van der Waals surface area contributed by atoms with Crippen molar-refractivity contribution in [3.05, 3.63) is 29.8 Å². The maximum atomic E-state index is 12.6. The molecule has 1 heterocycles. The zero-order valence-electron chi connectivity index (χ0n) is 9.65. The maximum absolute atomic E-state index is 12.6. The molecule has 2 aliphatic rings. The molecule has 3 heteroatoms. The van der Waals surface area contributed by atoms with E-state index in [1.807, 2.05) is 18.2 Å². The fraction of sp³-hybridized carbons (Fsp3) is 0.429. The molecule has 1 aromatic rings. The Hall–Kier alpha value is -1.82. The van der Waals surface area contributed by atoms with Crippen molar-refractivity contribution >= 4 is 11.6 Å². The van der Waals surface area contributed by atoms with Crippen molar-refractivity contribution in [1.82, 2.24) is 0 Å². The molecule has 1 aromatic carbocycles.